The van der Waals surface area contributed by atoms with E-state index in [-0.39, 0.29) is 35.0 Å². The Labute approximate surface area is 245 Å². The number of methoxy groups -OCH3 is 1. The molecule has 2 saturated carbocycles. The number of carbonyl (C=O) groups excluding carboxylic acids is 2. The number of hydrogen-bond acceptors (Lipinski definition) is 6. The van der Waals surface area contributed by atoms with Crippen LogP contribution in [0.2, 0.25) is 0 Å². The van der Waals surface area contributed by atoms with E-state index < -0.39 is 17.9 Å². The number of amides is 1. The molecule has 0 unspecified atom stereocenters. The van der Waals surface area contributed by atoms with E-state index in [0.29, 0.717) is 23.3 Å². The summed E-state index contributed by atoms with van der Waals surface area (Å²) in [6.07, 6.45) is 11.0. The first kappa shape index (κ1) is 31.4. The number of ether oxygens (including phenoxy) is 2. The van der Waals surface area contributed by atoms with Gasteiger partial charge in [-0.15, -0.1) is 0 Å². The molecule has 0 atom stereocenters. The number of rotatable bonds is 13. The fraction of sp³-hybridized carbons (Fsp3) is 0.531. The molecule has 2 heterocycles. The lowest BCUT2D eigenvalue weighted by molar-refractivity contribution is -0.121. The van der Waals surface area contributed by atoms with E-state index in [2.05, 4.69) is 17.2 Å². The lowest BCUT2D eigenvalue weighted by Crippen LogP contribution is -2.26. The highest BCUT2D eigenvalue weighted by molar-refractivity contribution is 6.01. The zero-order valence-electron chi connectivity index (χ0n) is 24.8. The molecule has 2 N–H and O–H groups in total. The summed E-state index contributed by atoms with van der Waals surface area (Å²) < 4.78 is 38.5. The second-order valence-electron chi connectivity index (χ2n) is 11.0. The number of fused-ring (bicyclic) bond motifs is 1. The normalized spacial score (nSPS) is 15.4. The number of halogens is 2. The zero-order chi connectivity index (χ0) is 30.4. The lowest BCUT2D eigenvalue weighted by Gasteiger charge is -2.17. The maximum absolute atomic E-state index is 13.3. The molecule has 10 heteroatoms. The van der Waals surface area contributed by atoms with Crippen LogP contribution in [0.4, 0.5) is 8.78 Å². The minimum absolute atomic E-state index is 0.0397. The second kappa shape index (κ2) is 13.6. The predicted octanol–water partition coefficient (Wildman–Crippen LogP) is 6.46. The minimum Gasteiger partial charge on any atom is -0.496 e. The Morgan fingerprint density at radius 2 is 1.83 bits per heavy atom. The third-order valence-corrected chi connectivity index (χ3v) is 7.99. The zero-order valence-corrected chi connectivity index (χ0v) is 24.8. The number of carbonyl (C=O) groups is 2. The number of unbranched alkanes of at least 4 members (excludes halogenated alkanes) is 1. The minimum atomic E-state index is -3.11. The predicted molar refractivity (Wildman–Crippen MR) is 156 cm³/mol. The third-order valence-electron chi connectivity index (χ3n) is 7.99. The molecular weight excluding hydrogens is 544 g/mol. The molecule has 0 aliphatic heterocycles. The summed E-state index contributed by atoms with van der Waals surface area (Å²) in [4.78, 5) is 30.2. The van der Waals surface area contributed by atoms with Crippen molar-refractivity contribution < 1.29 is 33.0 Å². The number of Topliss-reactive ketones (excluding diaryl/α,β-unsaturated/α-hetero) is 1. The van der Waals surface area contributed by atoms with Gasteiger partial charge in [0.2, 0.25) is 0 Å². The van der Waals surface area contributed by atoms with Crippen LogP contribution in [0.5, 0.6) is 11.5 Å². The Morgan fingerprint density at radius 1 is 1.14 bits per heavy atom. The molecule has 1 aromatic carbocycles. The highest BCUT2D eigenvalue weighted by Gasteiger charge is 2.50. The van der Waals surface area contributed by atoms with E-state index in [1.165, 1.54) is 13.2 Å². The highest BCUT2D eigenvalue weighted by Crippen LogP contribution is 2.50. The van der Waals surface area contributed by atoms with Gasteiger partial charge in [0.1, 0.15) is 28.5 Å². The van der Waals surface area contributed by atoms with Gasteiger partial charge in [-0.3, -0.25) is 14.0 Å². The summed E-state index contributed by atoms with van der Waals surface area (Å²) in [6.45, 7) is 2.92. The van der Waals surface area contributed by atoms with Gasteiger partial charge in [0.05, 0.1) is 30.5 Å². The molecule has 5 rings (SSSR count). The van der Waals surface area contributed by atoms with Crippen molar-refractivity contribution in [1.29, 1.82) is 0 Å². The van der Waals surface area contributed by atoms with Gasteiger partial charge >= 0.3 is 6.61 Å². The van der Waals surface area contributed by atoms with Gasteiger partial charge in [-0.05, 0) is 74.8 Å². The SMILES string of the molecule is CCC(O)CC.CCCCC(=O)C1(c2ccn3c(-c4cc(OC)c(C(=O)NC5CC5)c(OC(F)F)c4)cnc3c2)CC1. The van der Waals surface area contributed by atoms with Gasteiger partial charge < -0.3 is 19.9 Å². The maximum atomic E-state index is 13.3. The molecule has 2 fully saturated rings. The smallest absolute Gasteiger partial charge is 0.387 e. The van der Waals surface area contributed by atoms with Gasteiger partial charge in [0.25, 0.3) is 5.91 Å². The first-order chi connectivity index (χ1) is 20.2. The Morgan fingerprint density at radius 3 is 2.38 bits per heavy atom. The Kier molecular flexibility index (Phi) is 10.2. The van der Waals surface area contributed by atoms with Crippen LogP contribution >= 0.6 is 0 Å². The summed E-state index contributed by atoms with van der Waals surface area (Å²) in [5.74, 6) is -0.366. The van der Waals surface area contributed by atoms with Crippen molar-refractivity contribution in [3.63, 3.8) is 0 Å². The maximum Gasteiger partial charge on any atom is 0.387 e. The number of hydrogen-bond donors (Lipinski definition) is 2. The number of ketones is 1. The number of benzene rings is 1. The molecule has 1 amide bonds. The molecule has 2 aliphatic rings. The standard InChI is InChI=1S/C27H29F2N3O4.C5H12O/c1-3-4-5-22(33)27(9-10-27)17-8-11-32-19(15-30-23(32)14-17)16-12-20(35-2)24(21(13-16)36-26(28)29)25(34)31-18-6-7-18;1-3-5(6)4-2/h8,11-15,18,26H,3-7,9-10H2,1-2H3,(H,31,34);5-6H,3-4H2,1-2H3. The highest BCUT2D eigenvalue weighted by atomic mass is 19.3. The molecule has 0 bridgehead atoms. The average Bonchev–Trinajstić information content (AvgIpc) is 3.92. The van der Waals surface area contributed by atoms with Crippen LogP contribution < -0.4 is 14.8 Å². The van der Waals surface area contributed by atoms with E-state index in [1.54, 1.807) is 12.3 Å². The molecular formula is C32H41F2N3O5. The van der Waals surface area contributed by atoms with Crippen LogP contribution in [0.1, 0.15) is 94.5 Å². The van der Waals surface area contributed by atoms with E-state index in [1.807, 2.05) is 36.6 Å². The van der Waals surface area contributed by atoms with Crippen molar-refractivity contribution in [2.75, 3.05) is 7.11 Å². The van der Waals surface area contributed by atoms with Gasteiger partial charge in [-0.25, -0.2) is 4.98 Å². The number of alkyl halides is 2. The van der Waals surface area contributed by atoms with Crippen molar-refractivity contribution in [1.82, 2.24) is 14.7 Å². The monoisotopic (exact) mass is 585 g/mol. The molecule has 228 valence electrons. The number of imidazole rings is 1. The van der Waals surface area contributed by atoms with Crippen molar-refractivity contribution in [3.05, 3.63) is 47.8 Å². The van der Waals surface area contributed by atoms with E-state index in [9.17, 15) is 18.4 Å². The summed E-state index contributed by atoms with van der Waals surface area (Å²) >= 11 is 0. The first-order valence-corrected chi connectivity index (χ1v) is 14.8. The third kappa shape index (κ3) is 7.09. The molecule has 0 saturated heterocycles. The number of aliphatic hydroxyl groups excluding tert-OH is 1. The average molecular weight is 586 g/mol. The molecule has 8 nitrogen and oxygen atoms in total. The van der Waals surface area contributed by atoms with Crippen LogP contribution in [0.3, 0.4) is 0 Å². The Bertz CT molecular complexity index is 1390. The fourth-order valence-corrected chi connectivity index (χ4v) is 5.01. The van der Waals surface area contributed by atoms with E-state index >= 15 is 0 Å². The summed E-state index contributed by atoms with van der Waals surface area (Å²) in [5, 5.41) is 11.5. The first-order valence-electron chi connectivity index (χ1n) is 14.8. The van der Waals surface area contributed by atoms with Crippen LogP contribution in [-0.4, -0.2) is 52.0 Å². The fourth-order valence-electron chi connectivity index (χ4n) is 5.01. The van der Waals surface area contributed by atoms with Crippen molar-refractivity contribution in [2.45, 2.75) is 103 Å². The van der Waals surface area contributed by atoms with E-state index in [4.69, 9.17) is 14.6 Å². The Balaban J connectivity index is 0.000000612. The van der Waals surface area contributed by atoms with Crippen LogP contribution in [0.25, 0.3) is 16.9 Å². The van der Waals surface area contributed by atoms with Crippen molar-refractivity contribution in [2.24, 2.45) is 0 Å². The molecule has 3 aromatic rings. The van der Waals surface area contributed by atoms with Crippen molar-refractivity contribution >= 4 is 17.3 Å². The van der Waals surface area contributed by atoms with Gasteiger partial charge in [0, 0.05) is 24.2 Å². The van der Waals surface area contributed by atoms with Gasteiger partial charge in [-0.2, -0.15) is 8.78 Å². The summed E-state index contributed by atoms with van der Waals surface area (Å²) in [6, 6.07) is 6.92. The topological polar surface area (TPSA) is 102 Å². The number of aliphatic hydroxyl groups is 1. The van der Waals surface area contributed by atoms with Gasteiger partial charge in [0.15, 0.2) is 0 Å². The van der Waals surface area contributed by atoms with Gasteiger partial charge in [-0.1, -0.05) is 27.2 Å². The number of pyridine rings is 1. The summed E-state index contributed by atoms with van der Waals surface area (Å²) in [7, 11) is 1.38. The van der Waals surface area contributed by atoms with Crippen molar-refractivity contribution in [3.8, 4) is 22.8 Å². The van der Waals surface area contributed by atoms with Crippen LogP contribution in [0.15, 0.2) is 36.7 Å². The molecule has 42 heavy (non-hydrogen) atoms. The van der Waals surface area contributed by atoms with E-state index in [0.717, 1.165) is 56.9 Å². The Hall–Kier alpha value is -3.53. The number of aromatic nitrogens is 2. The lowest BCUT2D eigenvalue weighted by atomic mass is 9.89. The van der Waals surface area contributed by atoms with Crippen LogP contribution in [0, 0.1) is 0 Å². The number of nitrogens with zero attached hydrogens (tertiary/aromatic N) is 2. The molecule has 0 radical (unpaired) electrons. The van der Waals surface area contributed by atoms with Crippen LogP contribution in [-0.2, 0) is 10.2 Å². The quantitative estimate of drug-likeness (QED) is 0.239. The molecule has 2 aromatic heterocycles. The molecule has 0 spiro atoms. The summed E-state index contributed by atoms with van der Waals surface area (Å²) in [5.41, 5.74) is 2.24. The largest absolute Gasteiger partial charge is 0.496 e. The second-order valence-corrected chi connectivity index (χ2v) is 11.0. The molecule has 2 aliphatic carbocycles. The number of nitrogens with one attached hydrogen (secondary N) is 1.